The molecule has 1 atom stereocenters. The number of rotatable bonds is 4. The number of nitrogen functional groups attached to an aromatic ring is 1. The Labute approximate surface area is 187 Å². The van der Waals surface area contributed by atoms with E-state index in [0.717, 1.165) is 36.0 Å². The summed E-state index contributed by atoms with van der Waals surface area (Å²) in [6.07, 6.45) is -3.15. The molecular formula is C22H22ClF3N4O2. The summed E-state index contributed by atoms with van der Waals surface area (Å²) in [7, 11) is 1.53. The topological polar surface area (TPSA) is 73.4 Å². The molecule has 0 bridgehead atoms. The maximum atomic E-state index is 13.1. The first kappa shape index (κ1) is 22.3. The van der Waals surface area contributed by atoms with E-state index in [-0.39, 0.29) is 29.0 Å². The molecule has 6 nitrogen and oxygen atoms in total. The Morgan fingerprint density at radius 3 is 2.78 bits per heavy atom. The number of halogens is 4. The number of aromatic nitrogens is 2. The number of imidazole rings is 1. The van der Waals surface area contributed by atoms with Crippen LogP contribution in [0.5, 0.6) is 6.01 Å². The third-order valence-electron chi connectivity index (χ3n) is 5.62. The van der Waals surface area contributed by atoms with Crippen LogP contribution in [0.4, 0.5) is 18.9 Å². The zero-order valence-corrected chi connectivity index (χ0v) is 18.1. The average molecular weight is 467 g/mol. The second kappa shape index (κ2) is 8.54. The quantitative estimate of drug-likeness (QED) is 0.565. The first-order valence-electron chi connectivity index (χ1n) is 10.1. The van der Waals surface area contributed by atoms with E-state index < -0.39 is 11.7 Å². The minimum absolute atomic E-state index is 0.0497. The highest BCUT2D eigenvalue weighted by Crippen LogP contribution is 2.34. The Morgan fingerprint density at radius 1 is 1.28 bits per heavy atom. The lowest BCUT2D eigenvalue weighted by Crippen LogP contribution is -2.41. The number of ether oxygens (including phenoxy) is 1. The first-order chi connectivity index (χ1) is 15.2. The zero-order valence-electron chi connectivity index (χ0n) is 17.3. The van der Waals surface area contributed by atoms with Crippen LogP contribution >= 0.6 is 11.6 Å². The van der Waals surface area contributed by atoms with Crippen LogP contribution in [-0.4, -0.2) is 40.6 Å². The summed E-state index contributed by atoms with van der Waals surface area (Å²) in [6, 6.07) is 8.94. The van der Waals surface area contributed by atoms with Gasteiger partial charge in [-0.25, -0.2) is 0 Å². The fourth-order valence-electron chi connectivity index (χ4n) is 4.18. The van der Waals surface area contributed by atoms with E-state index in [9.17, 15) is 18.0 Å². The molecule has 3 aromatic rings. The van der Waals surface area contributed by atoms with Crippen molar-refractivity contribution < 1.29 is 22.7 Å². The Morgan fingerprint density at radius 2 is 2.06 bits per heavy atom. The predicted octanol–water partition coefficient (Wildman–Crippen LogP) is 4.71. The number of anilines is 1. The molecule has 170 valence electrons. The molecule has 1 saturated heterocycles. The number of alkyl halides is 3. The van der Waals surface area contributed by atoms with Crippen molar-refractivity contribution in [2.24, 2.45) is 0 Å². The molecule has 0 saturated carbocycles. The summed E-state index contributed by atoms with van der Waals surface area (Å²) in [6.45, 7) is 0.918. The second-order valence-electron chi connectivity index (χ2n) is 7.88. The number of methoxy groups -OCH3 is 1. The van der Waals surface area contributed by atoms with Crippen LogP contribution in [0.15, 0.2) is 36.4 Å². The number of amides is 1. The fourth-order valence-corrected chi connectivity index (χ4v) is 4.44. The highest BCUT2D eigenvalue weighted by molar-refractivity contribution is 6.30. The van der Waals surface area contributed by atoms with E-state index in [0.29, 0.717) is 24.8 Å². The van der Waals surface area contributed by atoms with Crippen molar-refractivity contribution >= 4 is 34.2 Å². The van der Waals surface area contributed by atoms with E-state index in [1.165, 1.54) is 13.2 Å². The third kappa shape index (κ3) is 4.48. The van der Waals surface area contributed by atoms with Crippen molar-refractivity contribution in [1.82, 2.24) is 14.5 Å². The van der Waals surface area contributed by atoms with Crippen molar-refractivity contribution in [3.05, 3.63) is 52.5 Å². The van der Waals surface area contributed by atoms with Crippen LogP contribution in [0.25, 0.3) is 11.0 Å². The molecule has 2 heterocycles. The fraction of sp³-hybridized carbons (Fsp3) is 0.364. The van der Waals surface area contributed by atoms with Crippen LogP contribution in [0.3, 0.4) is 0 Å². The van der Waals surface area contributed by atoms with Crippen LogP contribution in [-0.2, 0) is 17.4 Å². The number of piperidine rings is 1. The lowest BCUT2D eigenvalue weighted by Gasteiger charge is -2.34. The summed E-state index contributed by atoms with van der Waals surface area (Å²) in [5.74, 6) is -0.256. The molecule has 0 spiro atoms. The SMILES string of the molecule is COc1nc2ccc(N)cc2n1[C@H]1CCCN(C(=O)Cc2cc(Cl)cc(C(F)(F)F)c2)C1. The number of hydrogen-bond donors (Lipinski definition) is 1. The molecule has 4 rings (SSSR count). The standard InChI is InChI=1S/C22H22ClF3N4O2/c1-32-21-28-18-5-4-16(27)11-19(18)30(21)17-3-2-6-29(12-17)20(31)9-13-7-14(22(24,25)26)10-15(23)8-13/h4-5,7-8,10-11,17H,2-3,6,9,12,27H2,1H3/t17-/m0/s1. The summed E-state index contributed by atoms with van der Waals surface area (Å²) >= 11 is 5.86. The van der Waals surface area contributed by atoms with Crippen LogP contribution in [0.1, 0.15) is 30.0 Å². The summed E-state index contributed by atoms with van der Waals surface area (Å²) in [4.78, 5) is 19.1. The van der Waals surface area contributed by atoms with Gasteiger partial charge in [-0.2, -0.15) is 18.2 Å². The summed E-state index contributed by atoms with van der Waals surface area (Å²) in [5.41, 5.74) is 7.45. The van der Waals surface area contributed by atoms with Crippen LogP contribution < -0.4 is 10.5 Å². The molecule has 1 aliphatic heterocycles. The van der Waals surface area contributed by atoms with E-state index in [1.807, 2.05) is 16.7 Å². The molecule has 32 heavy (non-hydrogen) atoms. The van der Waals surface area contributed by atoms with Gasteiger partial charge < -0.3 is 15.4 Å². The molecule has 10 heteroatoms. The second-order valence-corrected chi connectivity index (χ2v) is 8.31. The maximum Gasteiger partial charge on any atom is 0.416 e. The van der Waals surface area contributed by atoms with Gasteiger partial charge >= 0.3 is 6.18 Å². The molecule has 2 N–H and O–H groups in total. The Balaban J connectivity index is 1.57. The predicted molar refractivity (Wildman–Crippen MR) is 116 cm³/mol. The number of nitrogens with zero attached hydrogens (tertiary/aromatic N) is 3. The number of benzene rings is 2. The Hall–Kier alpha value is -2.94. The molecule has 0 unspecified atom stereocenters. The number of likely N-dealkylation sites (tertiary alicyclic amines) is 1. The average Bonchev–Trinajstić information content (AvgIpc) is 3.10. The van der Waals surface area contributed by atoms with Crippen LogP contribution in [0, 0.1) is 0 Å². The Bertz CT molecular complexity index is 1160. The molecule has 2 aromatic carbocycles. The van der Waals surface area contributed by atoms with Crippen LogP contribution in [0.2, 0.25) is 5.02 Å². The number of nitrogens with two attached hydrogens (primary N) is 1. The lowest BCUT2D eigenvalue weighted by atomic mass is 10.0. The first-order valence-corrected chi connectivity index (χ1v) is 10.5. The van der Waals surface area contributed by atoms with Gasteiger partial charge in [-0.3, -0.25) is 9.36 Å². The Kier molecular flexibility index (Phi) is 5.94. The van der Waals surface area contributed by atoms with Gasteiger partial charge in [0, 0.05) is 23.8 Å². The molecule has 0 radical (unpaired) electrons. The van der Waals surface area contributed by atoms with Gasteiger partial charge in [-0.1, -0.05) is 11.6 Å². The number of carbonyl (C=O) groups excluding carboxylic acids is 1. The molecule has 1 amide bonds. The lowest BCUT2D eigenvalue weighted by molar-refractivity contribution is -0.138. The van der Waals surface area contributed by atoms with Crippen molar-refractivity contribution in [3.63, 3.8) is 0 Å². The van der Waals surface area contributed by atoms with E-state index in [1.54, 1.807) is 11.0 Å². The number of hydrogen-bond acceptors (Lipinski definition) is 4. The smallest absolute Gasteiger partial charge is 0.416 e. The van der Waals surface area contributed by atoms with Crippen molar-refractivity contribution in [3.8, 4) is 6.01 Å². The van der Waals surface area contributed by atoms with E-state index >= 15 is 0 Å². The minimum atomic E-state index is -4.53. The van der Waals surface area contributed by atoms with Gasteiger partial charge in [0.2, 0.25) is 5.91 Å². The van der Waals surface area contributed by atoms with E-state index in [2.05, 4.69) is 4.98 Å². The van der Waals surface area contributed by atoms with Gasteiger partial charge in [-0.15, -0.1) is 0 Å². The van der Waals surface area contributed by atoms with Gasteiger partial charge in [0.05, 0.1) is 36.2 Å². The number of fused-ring (bicyclic) bond motifs is 1. The van der Waals surface area contributed by atoms with Gasteiger partial charge in [-0.05, 0) is 54.8 Å². The normalized spacial score (nSPS) is 17.0. The maximum absolute atomic E-state index is 13.1. The largest absolute Gasteiger partial charge is 0.468 e. The third-order valence-corrected chi connectivity index (χ3v) is 5.84. The summed E-state index contributed by atoms with van der Waals surface area (Å²) < 4.78 is 46.7. The highest BCUT2D eigenvalue weighted by Gasteiger charge is 2.32. The molecule has 1 fully saturated rings. The van der Waals surface area contributed by atoms with Gasteiger partial charge in [0.1, 0.15) is 0 Å². The molecule has 0 aliphatic carbocycles. The monoisotopic (exact) mass is 466 g/mol. The van der Waals surface area contributed by atoms with Crippen molar-refractivity contribution in [2.45, 2.75) is 31.5 Å². The van der Waals surface area contributed by atoms with Gasteiger partial charge in [0.15, 0.2) is 0 Å². The molecular weight excluding hydrogens is 445 g/mol. The minimum Gasteiger partial charge on any atom is -0.468 e. The highest BCUT2D eigenvalue weighted by atomic mass is 35.5. The van der Waals surface area contributed by atoms with E-state index in [4.69, 9.17) is 22.1 Å². The zero-order chi connectivity index (χ0) is 23.0. The van der Waals surface area contributed by atoms with Crippen molar-refractivity contribution in [2.75, 3.05) is 25.9 Å². The molecule has 1 aromatic heterocycles. The van der Waals surface area contributed by atoms with Gasteiger partial charge in [0.25, 0.3) is 6.01 Å². The van der Waals surface area contributed by atoms with Crippen molar-refractivity contribution in [1.29, 1.82) is 0 Å². The molecule has 1 aliphatic rings. The number of carbonyl (C=O) groups is 1. The summed E-state index contributed by atoms with van der Waals surface area (Å²) in [5, 5.41) is -0.0497.